The van der Waals surface area contributed by atoms with E-state index in [1.54, 1.807) is 12.1 Å². The molecule has 1 amide bonds. The maximum Gasteiger partial charge on any atom is 0.341 e. The topological polar surface area (TPSA) is 73.9 Å². The molecule has 1 N–H and O–H groups in total. The molecule has 0 unspecified atom stereocenters. The van der Waals surface area contributed by atoms with Crippen molar-refractivity contribution in [1.82, 2.24) is 0 Å². The number of hydrogen-bond acceptors (Lipinski definition) is 6. The van der Waals surface area contributed by atoms with Crippen molar-refractivity contribution in [3.63, 3.8) is 0 Å². The molecule has 1 aromatic heterocycles. The molecular weight excluding hydrogens is 462 g/mol. The van der Waals surface area contributed by atoms with Crippen molar-refractivity contribution in [2.45, 2.75) is 13.3 Å². The Balaban J connectivity index is 1.39. The second-order valence-electron chi connectivity index (χ2n) is 8.11. The van der Waals surface area contributed by atoms with Crippen LogP contribution in [0.2, 0.25) is 0 Å². The van der Waals surface area contributed by atoms with Crippen LogP contribution in [0.15, 0.2) is 72.8 Å². The maximum atomic E-state index is 13.0. The number of anilines is 1. The Morgan fingerprint density at radius 3 is 2.40 bits per heavy atom. The highest BCUT2D eigenvalue weighted by Crippen LogP contribution is 2.38. The van der Waals surface area contributed by atoms with E-state index in [2.05, 4.69) is 5.32 Å². The van der Waals surface area contributed by atoms with E-state index in [0.717, 1.165) is 32.9 Å². The normalized spacial score (nSPS) is 11.8. The molecule has 5 rings (SSSR count). The predicted molar refractivity (Wildman–Crippen MR) is 136 cm³/mol. The molecule has 1 aliphatic rings. The molecule has 0 radical (unpaired) electrons. The third-order valence-electron chi connectivity index (χ3n) is 5.92. The average molecular weight is 486 g/mol. The number of hydrogen-bond donors (Lipinski definition) is 1. The Hall–Kier alpha value is -4.10. The Morgan fingerprint density at radius 1 is 0.943 bits per heavy atom. The zero-order valence-electron chi connectivity index (χ0n) is 19.3. The molecule has 2 heterocycles. The molecule has 35 heavy (non-hydrogen) atoms. The van der Waals surface area contributed by atoms with E-state index in [1.165, 1.54) is 18.4 Å². The fraction of sp³-hybridized carbons (Fsp3) is 0.143. The molecule has 3 aromatic carbocycles. The molecule has 0 saturated carbocycles. The average Bonchev–Trinajstić information content (AvgIpc) is 3.48. The summed E-state index contributed by atoms with van der Waals surface area (Å²) in [5, 5.41) is 3.40. The molecule has 0 aliphatic carbocycles. The van der Waals surface area contributed by atoms with Gasteiger partial charge >= 0.3 is 5.97 Å². The minimum atomic E-state index is -0.481. The molecule has 7 heteroatoms. The quantitative estimate of drug-likeness (QED) is 0.335. The summed E-state index contributed by atoms with van der Waals surface area (Å²) in [5.74, 6) is 0.659. The Bertz CT molecular complexity index is 1390. The summed E-state index contributed by atoms with van der Waals surface area (Å²) in [5.41, 5.74) is 4.79. The molecule has 0 fully saturated rings. The first-order valence-electron chi connectivity index (χ1n) is 11.1. The molecule has 0 atom stereocenters. The van der Waals surface area contributed by atoms with E-state index in [1.807, 2.05) is 67.6 Å². The first-order valence-corrected chi connectivity index (χ1v) is 11.9. The van der Waals surface area contributed by atoms with Gasteiger partial charge in [-0.05, 0) is 53.4 Å². The second-order valence-corrected chi connectivity index (χ2v) is 9.21. The summed E-state index contributed by atoms with van der Waals surface area (Å²) < 4.78 is 15.9. The lowest BCUT2D eigenvalue weighted by atomic mass is 10.0. The fourth-order valence-electron chi connectivity index (χ4n) is 4.02. The van der Waals surface area contributed by atoms with Gasteiger partial charge in [0.15, 0.2) is 11.5 Å². The third kappa shape index (κ3) is 4.63. The van der Waals surface area contributed by atoms with Gasteiger partial charge in [-0.25, -0.2) is 4.79 Å². The van der Waals surface area contributed by atoms with Crippen LogP contribution in [0.25, 0.3) is 11.1 Å². The Morgan fingerprint density at radius 2 is 1.66 bits per heavy atom. The zero-order chi connectivity index (χ0) is 24.4. The number of carbonyl (C=O) groups is 2. The van der Waals surface area contributed by atoms with Gasteiger partial charge in [-0.2, -0.15) is 0 Å². The SMILES string of the molecule is COC(=O)c1c(NC(=O)c2ccc(-c3ccccc3)cc2)sc(Cc2ccc3c(c2)OCO3)c1C. The summed E-state index contributed by atoms with van der Waals surface area (Å²) in [6.07, 6.45) is 0.582. The molecule has 4 aromatic rings. The predicted octanol–water partition coefficient (Wildman–Crippen LogP) is 6.08. The lowest BCUT2D eigenvalue weighted by Gasteiger charge is -2.07. The van der Waals surface area contributed by atoms with Crippen LogP contribution < -0.4 is 14.8 Å². The number of methoxy groups -OCH3 is 1. The van der Waals surface area contributed by atoms with Gasteiger partial charge < -0.3 is 19.5 Å². The number of carbonyl (C=O) groups excluding carboxylic acids is 2. The number of nitrogens with one attached hydrogen (secondary N) is 1. The highest BCUT2D eigenvalue weighted by Gasteiger charge is 2.24. The standard InChI is InChI=1S/C28H23NO5S/c1-17-24(15-18-8-13-22-23(14-18)34-16-33-22)35-27(25(17)28(31)32-2)29-26(30)21-11-9-20(10-12-21)19-6-4-3-5-7-19/h3-14H,15-16H2,1-2H3,(H,29,30). The largest absolute Gasteiger partial charge is 0.465 e. The van der Waals surface area contributed by atoms with Crippen molar-refractivity contribution in [2.75, 3.05) is 19.2 Å². The zero-order valence-corrected chi connectivity index (χ0v) is 20.1. The van der Waals surface area contributed by atoms with Crippen LogP contribution in [-0.4, -0.2) is 25.8 Å². The van der Waals surface area contributed by atoms with E-state index in [0.29, 0.717) is 28.3 Å². The minimum Gasteiger partial charge on any atom is -0.465 e. The van der Waals surface area contributed by atoms with Crippen molar-refractivity contribution in [2.24, 2.45) is 0 Å². The minimum absolute atomic E-state index is 0.214. The van der Waals surface area contributed by atoms with E-state index in [9.17, 15) is 9.59 Å². The van der Waals surface area contributed by atoms with Gasteiger partial charge in [0.05, 0.1) is 12.7 Å². The lowest BCUT2D eigenvalue weighted by Crippen LogP contribution is -2.14. The maximum absolute atomic E-state index is 13.0. The van der Waals surface area contributed by atoms with Crippen molar-refractivity contribution in [1.29, 1.82) is 0 Å². The molecular formula is C28H23NO5S. The van der Waals surface area contributed by atoms with Gasteiger partial charge in [0.2, 0.25) is 6.79 Å². The Labute approximate surface area is 207 Å². The number of esters is 1. The van der Waals surface area contributed by atoms with Gasteiger partial charge in [0, 0.05) is 16.9 Å². The van der Waals surface area contributed by atoms with E-state index in [-0.39, 0.29) is 12.7 Å². The van der Waals surface area contributed by atoms with Crippen molar-refractivity contribution in [3.8, 4) is 22.6 Å². The van der Waals surface area contributed by atoms with Crippen LogP contribution in [0.5, 0.6) is 11.5 Å². The lowest BCUT2D eigenvalue weighted by molar-refractivity contribution is 0.0601. The van der Waals surface area contributed by atoms with Crippen LogP contribution in [-0.2, 0) is 11.2 Å². The molecule has 0 bridgehead atoms. The van der Waals surface area contributed by atoms with Gasteiger partial charge in [-0.3, -0.25) is 4.79 Å². The van der Waals surface area contributed by atoms with Crippen LogP contribution in [0.1, 0.15) is 36.7 Å². The number of ether oxygens (including phenoxy) is 3. The summed E-state index contributed by atoms with van der Waals surface area (Å²) >= 11 is 1.38. The molecule has 6 nitrogen and oxygen atoms in total. The van der Waals surface area contributed by atoms with Crippen molar-refractivity contribution in [3.05, 3.63) is 99.9 Å². The number of benzene rings is 3. The van der Waals surface area contributed by atoms with Crippen molar-refractivity contribution < 1.29 is 23.8 Å². The molecule has 176 valence electrons. The van der Waals surface area contributed by atoms with Crippen LogP contribution >= 0.6 is 11.3 Å². The Kier molecular flexibility index (Phi) is 6.25. The summed E-state index contributed by atoms with van der Waals surface area (Å²) in [7, 11) is 1.34. The van der Waals surface area contributed by atoms with Gasteiger partial charge in [0.25, 0.3) is 5.91 Å². The van der Waals surface area contributed by atoms with Crippen LogP contribution in [0.3, 0.4) is 0 Å². The van der Waals surface area contributed by atoms with E-state index < -0.39 is 5.97 Å². The summed E-state index contributed by atoms with van der Waals surface area (Å²) in [6, 6.07) is 23.1. The highest BCUT2D eigenvalue weighted by atomic mass is 32.1. The van der Waals surface area contributed by atoms with E-state index in [4.69, 9.17) is 14.2 Å². The highest BCUT2D eigenvalue weighted by molar-refractivity contribution is 7.17. The third-order valence-corrected chi connectivity index (χ3v) is 7.13. The summed E-state index contributed by atoms with van der Waals surface area (Å²) in [6.45, 7) is 2.08. The van der Waals surface area contributed by atoms with Gasteiger partial charge in [-0.1, -0.05) is 48.5 Å². The smallest absolute Gasteiger partial charge is 0.341 e. The van der Waals surface area contributed by atoms with Crippen LogP contribution in [0, 0.1) is 6.92 Å². The van der Waals surface area contributed by atoms with E-state index >= 15 is 0 Å². The number of rotatable bonds is 6. The fourth-order valence-corrected chi connectivity index (χ4v) is 5.24. The van der Waals surface area contributed by atoms with Crippen LogP contribution in [0.4, 0.5) is 5.00 Å². The molecule has 0 spiro atoms. The molecule has 0 saturated heterocycles. The van der Waals surface area contributed by atoms with Gasteiger partial charge in [0.1, 0.15) is 5.00 Å². The monoisotopic (exact) mass is 485 g/mol. The number of amides is 1. The first-order chi connectivity index (χ1) is 17.0. The number of thiophene rings is 1. The second kappa shape index (κ2) is 9.64. The van der Waals surface area contributed by atoms with Gasteiger partial charge in [-0.15, -0.1) is 11.3 Å². The molecule has 1 aliphatic heterocycles. The number of fused-ring (bicyclic) bond motifs is 1. The summed E-state index contributed by atoms with van der Waals surface area (Å²) in [4.78, 5) is 26.6. The van der Waals surface area contributed by atoms with Crippen molar-refractivity contribution >= 4 is 28.2 Å². The first kappa shape index (κ1) is 22.7.